The number of benzene rings is 2. The number of ether oxygens (including phenoxy) is 1. The summed E-state index contributed by atoms with van der Waals surface area (Å²) in [5.74, 6) is 0.299. The number of rotatable bonds is 2. The van der Waals surface area contributed by atoms with Crippen molar-refractivity contribution in [2.45, 2.75) is 0 Å². The van der Waals surface area contributed by atoms with Gasteiger partial charge in [0.1, 0.15) is 5.75 Å². The highest BCUT2D eigenvalue weighted by Crippen LogP contribution is 2.29. The van der Waals surface area contributed by atoms with E-state index in [4.69, 9.17) is 9.84 Å². The van der Waals surface area contributed by atoms with Crippen molar-refractivity contribution in [1.29, 1.82) is 0 Å². The largest absolute Gasteiger partial charge is 0.465 e. The van der Waals surface area contributed by atoms with Gasteiger partial charge in [0.15, 0.2) is 0 Å². The Morgan fingerprint density at radius 2 is 1.58 bits per heavy atom. The standard InChI is InChI=1S/C14H11NO4/c16-13(17)15-14(18)19-12-9-5-4-8-11(12)10-6-2-1-3-7-10/h1-9H,(H,15,18)(H,16,17). The summed E-state index contributed by atoms with van der Waals surface area (Å²) in [7, 11) is 0. The summed E-state index contributed by atoms with van der Waals surface area (Å²) in [6, 6.07) is 16.3. The zero-order valence-corrected chi connectivity index (χ0v) is 9.87. The average molecular weight is 257 g/mol. The molecule has 0 aromatic heterocycles. The van der Waals surface area contributed by atoms with Crippen molar-refractivity contribution in [1.82, 2.24) is 5.32 Å². The number of nitrogens with one attached hydrogen (secondary N) is 1. The van der Waals surface area contributed by atoms with Crippen LogP contribution in [0.5, 0.6) is 5.75 Å². The van der Waals surface area contributed by atoms with E-state index in [1.165, 1.54) is 0 Å². The third kappa shape index (κ3) is 3.32. The van der Waals surface area contributed by atoms with Gasteiger partial charge in [-0.15, -0.1) is 0 Å². The molecule has 2 N–H and O–H groups in total. The van der Waals surface area contributed by atoms with Gasteiger partial charge in [-0.2, -0.15) is 0 Å². The summed E-state index contributed by atoms with van der Waals surface area (Å²) >= 11 is 0. The maximum absolute atomic E-state index is 11.3. The monoisotopic (exact) mass is 257 g/mol. The van der Waals surface area contributed by atoms with Crippen molar-refractivity contribution in [3.05, 3.63) is 54.6 Å². The maximum atomic E-state index is 11.3. The van der Waals surface area contributed by atoms with Crippen molar-refractivity contribution in [2.24, 2.45) is 0 Å². The number of carbonyl (C=O) groups excluding carboxylic acids is 1. The summed E-state index contributed by atoms with van der Waals surface area (Å²) in [5, 5.41) is 10.1. The number of carbonyl (C=O) groups is 2. The first-order valence-corrected chi connectivity index (χ1v) is 5.53. The third-order valence-corrected chi connectivity index (χ3v) is 2.38. The molecule has 5 nitrogen and oxygen atoms in total. The molecular formula is C14H11NO4. The lowest BCUT2D eigenvalue weighted by Gasteiger charge is -2.09. The van der Waals surface area contributed by atoms with Crippen LogP contribution in [0, 0.1) is 0 Å². The topological polar surface area (TPSA) is 75.6 Å². The van der Waals surface area contributed by atoms with Crippen molar-refractivity contribution in [3.63, 3.8) is 0 Å². The normalized spacial score (nSPS) is 9.68. The quantitative estimate of drug-likeness (QED) is 0.866. The van der Waals surface area contributed by atoms with E-state index in [9.17, 15) is 9.59 Å². The van der Waals surface area contributed by atoms with Gasteiger partial charge >= 0.3 is 12.2 Å². The highest BCUT2D eigenvalue weighted by molar-refractivity contribution is 5.88. The first kappa shape index (κ1) is 12.6. The van der Waals surface area contributed by atoms with Crippen LogP contribution in [0.2, 0.25) is 0 Å². The Morgan fingerprint density at radius 3 is 2.26 bits per heavy atom. The van der Waals surface area contributed by atoms with Crippen LogP contribution >= 0.6 is 0 Å². The van der Waals surface area contributed by atoms with Gasteiger partial charge in [-0.3, -0.25) is 0 Å². The first-order chi connectivity index (χ1) is 9.16. The summed E-state index contributed by atoms with van der Waals surface area (Å²) < 4.78 is 4.98. The van der Waals surface area contributed by atoms with Crippen molar-refractivity contribution in [3.8, 4) is 16.9 Å². The van der Waals surface area contributed by atoms with E-state index in [0.29, 0.717) is 11.3 Å². The second-order valence-electron chi connectivity index (χ2n) is 3.68. The molecule has 19 heavy (non-hydrogen) atoms. The van der Waals surface area contributed by atoms with Crippen LogP contribution < -0.4 is 10.1 Å². The molecule has 0 heterocycles. The molecule has 0 spiro atoms. The minimum absolute atomic E-state index is 0.299. The number of amides is 2. The Balaban J connectivity index is 2.27. The van der Waals surface area contributed by atoms with Gasteiger partial charge < -0.3 is 9.84 Å². The molecule has 0 saturated carbocycles. The third-order valence-electron chi connectivity index (χ3n) is 2.38. The molecule has 0 saturated heterocycles. The summed E-state index contributed by atoms with van der Waals surface area (Å²) in [5.41, 5.74) is 1.59. The van der Waals surface area contributed by atoms with Crippen LogP contribution in [-0.2, 0) is 0 Å². The van der Waals surface area contributed by atoms with Crippen LogP contribution in [0.25, 0.3) is 11.1 Å². The maximum Gasteiger partial charge on any atom is 0.422 e. The molecule has 0 aliphatic carbocycles. The lowest BCUT2D eigenvalue weighted by atomic mass is 10.1. The van der Waals surface area contributed by atoms with Crippen LogP contribution in [-0.4, -0.2) is 17.3 Å². The van der Waals surface area contributed by atoms with E-state index in [2.05, 4.69) is 0 Å². The van der Waals surface area contributed by atoms with Crippen LogP contribution in [0.3, 0.4) is 0 Å². The lowest BCUT2D eigenvalue weighted by Crippen LogP contribution is -2.31. The number of hydrogen-bond donors (Lipinski definition) is 2. The van der Waals surface area contributed by atoms with Gasteiger partial charge in [0.05, 0.1) is 0 Å². The van der Waals surface area contributed by atoms with E-state index in [0.717, 1.165) is 5.56 Å². The van der Waals surface area contributed by atoms with Gasteiger partial charge in [-0.25, -0.2) is 14.9 Å². The van der Waals surface area contributed by atoms with Crippen LogP contribution in [0.1, 0.15) is 0 Å². The molecule has 0 atom stereocenters. The Bertz CT molecular complexity index is 595. The number of carboxylic acid groups (broad SMARTS) is 1. The van der Waals surface area contributed by atoms with E-state index in [-0.39, 0.29) is 0 Å². The molecule has 2 amide bonds. The first-order valence-electron chi connectivity index (χ1n) is 5.53. The number of imide groups is 1. The lowest BCUT2D eigenvalue weighted by molar-refractivity contribution is 0.178. The molecule has 0 aliphatic rings. The molecule has 2 aromatic rings. The predicted octanol–water partition coefficient (Wildman–Crippen LogP) is 3.12. The van der Waals surface area contributed by atoms with Crippen LogP contribution in [0.4, 0.5) is 9.59 Å². The van der Waals surface area contributed by atoms with Crippen molar-refractivity contribution < 1.29 is 19.4 Å². The summed E-state index contributed by atoms with van der Waals surface area (Å²) in [6.07, 6.45) is -2.49. The van der Waals surface area contributed by atoms with Gasteiger partial charge in [0, 0.05) is 5.56 Å². The highest BCUT2D eigenvalue weighted by Gasteiger charge is 2.11. The fourth-order valence-corrected chi connectivity index (χ4v) is 1.62. The Kier molecular flexibility index (Phi) is 3.78. The fraction of sp³-hybridized carbons (Fsp3) is 0. The van der Waals surface area contributed by atoms with Gasteiger partial charge in [0.2, 0.25) is 0 Å². The zero-order chi connectivity index (χ0) is 13.7. The second-order valence-corrected chi connectivity index (χ2v) is 3.68. The number of hydrogen-bond acceptors (Lipinski definition) is 3. The van der Waals surface area contributed by atoms with E-state index in [1.807, 2.05) is 36.4 Å². The van der Waals surface area contributed by atoms with E-state index >= 15 is 0 Å². The fourth-order valence-electron chi connectivity index (χ4n) is 1.62. The summed E-state index contributed by atoms with van der Waals surface area (Å²) in [4.78, 5) is 21.6. The predicted molar refractivity (Wildman–Crippen MR) is 69.1 cm³/mol. The Morgan fingerprint density at radius 1 is 0.947 bits per heavy atom. The van der Waals surface area contributed by atoms with Gasteiger partial charge in [-0.1, -0.05) is 48.5 Å². The smallest absolute Gasteiger partial charge is 0.422 e. The van der Waals surface area contributed by atoms with Crippen LogP contribution in [0.15, 0.2) is 54.6 Å². The molecule has 0 bridgehead atoms. The molecule has 2 aromatic carbocycles. The zero-order valence-electron chi connectivity index (χ0n) is 9.87. The SMILES string of the molecule is O=C(O)NC(=O)Oc1ccccc1-c1ccccc1. The Labute approximate surface area is 109 Å². The van der Waals surface area contributed by atoms with Crippen molar-refractivity contribution >= 4 is 12.2 Å². The Hall–Kier alpha value is -2.82. The van der Waals surface area contributed by atoms with Gasteiger partial charge in [0.25, 0.3) is 0 Å². The molecule has 0 fully saturated rings. The molecule has 96 valence electrons. The van der Waals surface area contributed by atoms with Crippen molar-refractivity contribution in [2.75, 3.05) is 0 Å². The summed E-state index contributed by atoms with van der Waals surface area (Å²) in [6.45, 7) is 0. The highest BCUT2D eigenvalue weighted by atomic mass is 16.6. The van der Waals surface area contributed by atoms with E-state index < -0.39 is 12.2 Å². The average Bonchev–Trinajstić information content (AvgIpc) is 2.39. The number of para-hydroxylation sites is 1. The molecule has 0 radical (unpaired) electrons. The second kappa shape index (κ2) is 5.68. The minimum Gasteiger partial charge on any atom is -0.465 e. The van der Waals surface area contributed by atoms with E-state index in [1.54, 1.807) is 23.5 Å². The molecule has 5 heteroatoms. The molecule has 0 unspecified atom stereocenters. The minimum atomic E-state index is -1.46. The molecule has 0 aliphatic heterocycles. The molecule has 2 rings (SSSR count). The van der Waals surface area contributed by atoms with Gasteiger partial charge in [-0.05, 0) is 11.6 Å². The molecular weight excluding hydrogens is 246 g/mol.